The van der Waals surface area contributed by atoms with Crippen LogP contribution in [0.2, 0.25) is 0 Å². The number of pyridine rings is 1. The molecular weight excluding hydrogens is 408 g/mol. The highest BCUT2D eigenvalue weighted by Crippen LogP contribution is 2.33. The molecule has 3 N–H and O–H groups in total. The van der Waals surface area contributed by atoms with Crippen molar-refractivity contribution in [3.05, 3.63) is 58.1 Å². The number of nitrogens with zero attached hydrogens (tertiary/aromatic N) is 2. The molecule has 1 aromatic carbocycles. The molecule has 0 aliphatic carbocycles. The molecule has 0 radical (unpaired) electrons. The maximum absolute atomic E-state index is 13.4. The molecule has 2 aromatic heterocycles. The summed E-state index contributed by atoms with van der Waals surface area (Å²) in [6, 6.07) is 7.11. The SMILES string of the molecule is Cc1cc(S(=O)(=O)N2CC[C@H]2C(=O)Nc2ccn(C)c(=O)c2)c2[nH]c(CO)cc2c1. The minimum Gasteiger partial charge on any atom is -0.390 e. The fourth-order valence-electron chi connectivity index (χ4n) is 3.59. The van der Waals surface area contributed by atoms with E-state index in [2.05, 4.69) is 10.3 Å². The predicted molar refractivity (Wildman–Crippen MR) is 112 cm³/mol. The van der Waals surface area contributed by atoms with E-state index < -0.39 is 22.0 Å². The molecule has 3 aromatic rings. The number of carbonyl (C=O) groups is 1. The maximum atomic E-state index is 13.4. The number of aliphatic hydroxyl groups excluding tert-OH is 1. The Labute approximate surface area is 173 Å². The Morgan fingerprint density at radius 3 is 2.70 bits per heavy atom. The van der Waals surface area contributed by atoms with Crippen molar-refractivity contribution in [2.24, 2.45) is 7.05 Å². The Balaban J connectivity index is 1.64. The van der Waals surface area contributed by atoms with Gasteiger partial charge in [-0.2, -0.15) is 4.31 Å². The lowest BCUT2D eigenvalue weighted by atomic mass is 10.1. The summed E-state index contributed by atoms with van der Waals surface area (Å²) >= 11 is 0. The summed E-state index contributed by atoms with van der Waals surface area (Å²) in [7, 11) is -2.36. The normalized spacial score (nSPS) is 17.1. The van der Waals surface area contributed by atoms with Crippen LogP contribution in [-0.4, -0.2) is 45.9 Å². The highest BCUT2D eigenvalue weighted by Gasteiger charge is 2.43. The van der Waals surface area contributed by atoms with Crippen molar-refractivity contribution in [3.63, 3.8) is 0 Å². The van der Waals surface area contributed by atoms with Crippen molar-refractivity contribution in [3.8, 4) is 0 Å². The lowest BCUT2D eigenvalue weighted by Crippen LogP contribution is -2.56. The largest absolute Gasteiger partial charge is 0.390 e. The first-order valence-electron chi connectivity index (χ1n) is 9.43. The van der Waals surface area contributed by atoms with Gasteiger partial charge < -0.3 is 20.0 Å². The van der Waals surface area contributed by atoms with E-state index in [1.165, 1.54) is 16.8 Å². The zero-order chi connectivity index (χ0) is 21.6. The van der Waals surface area contributed by atoms with E-state index in [0.29, 0.717) is 28.7 Å². The minimum absolute atomic E-state index is 0.0725. The molecule has 0 unspecified atom stereocenters. The van der Waals surface area contributed by atoms with Crippen LogP contribution in [0.3, 0.4) is 0 Å². The van der Waals surface area contributed by atoms with E-state index in [4.69, 9.17) is 0 Å². The molecule has 3 heterocycles. The average Bonchev–Trinajstić information content (AvgIpc) is 3.05. The number of aliphatic hydroxyl groups is 1. The van der Waals surface area contributed by atoms with Gasteiger partial charge in [-0.3, -0.25) is 9.59 Å². The second-order valence-corrected chi connectivity index (χ2v) is 9.31. The second-order valence-electron chi connectivity index (χ2n) is 7.45. The first-order chi connectivity index (χ1) is 14.2. The fourth-order valence-corrected chi connectivity index (χ4v) is 5.49. The van der Waals surface area contributed by atoms with E-state index in [1.54, 1.807) is 32.2 Å². The van der Waals surface area contributed by atoms with E-state index in [0.717, 1.165) is 9.87 Å². The predicted octanol–water partition coefficient (Wildman–Crippen LogP) is 1.07. The molecule has 30 heavy (non-hydrogen) atoms. The van der Waals surface area contributed by atoms with Gasteiger partial charge in [0.1, 0.15) is 10.9 Å². The van der Waals surface area contributed by atoms with Crippen LogP contribution in [0.15, 0.2) is 46.2 Å². The smallest absolute Gasteiger partial charge is 0.252 e. The van der Waals surface area contributed by atoms with Crippen molar-refractivity contribution >= 4 is 32.5 Å². The molecule has 1 saturated heterocycles. The van der Waals surface area contributed by atoms with Crippen LogP contribution in [-0.2, 0) is 28.5 Å². The second kappa shape index (κ2) is 7.38. The Morgan fingerprint density at radius 2 is 2.07 bits per heavy atom. The summed E-state index contributed by atoms with van der Waals surface area (Å²) in [5.41, 5.74) is 1.71. The van der Waals surface area contributed by atoms with E-state index in [9.17, 15) is 23.1 Å². The molecule has 4 rings (SSSR count). The number of fused-ring (bicyclic) bond motifs is 1. The molecule has 0 spiro atoms. The Hall–Kier alpha value is -2.95. The number of anilines is 1. The van der Waals surface area contributed by atoms with Gasteiger partial charge in [0.25, 0.3) is 5.56 Å². The van der Waals surface area contributed by atoms with Crippen LogP contribution >= 0.6 is 0 Å². The van der Waals surface area contributed by atoms with Crippen molar-refractivity contribution < 1.29 is 18.3 Å². The fraction of sp³-hybridized carbons (Fsp3) is 0.300. The number of aromatic nitrogens is 2. The van der Waals surface area contributed by atoms with Crippen molar-refractivity contribution in [2.75, 3.05) is 11.9 Å². The molecule has 1 aliphatic rings. The number of rotatable bonds is 5. The Bertz CT molecular complexity index is 1310. The number of hydrogen-bond donors (Lipinski definition) is 3. The number of nitrogens with one attached hydrogen (secondary N) is 2. The quantitative estimate of drug-likeness (QED) is 0.558. The summed E-state index contributed by atoms with van der Waals surface area (Å²) in [5.74, 6) is -0.482. The standard InChI is InChI=1S/C20H22N4O5S/c1-12-7-13-9-15(11-25)21-19(13)17(8-12)30(28,29)24-6-4-16(24)20(27)22-14-3-5-23(2)18(26)10-14/h3,5,7-10,16,21,25H,4,6,11H2,1-2H3,(H,22,27)/t16-/m0/s1. The third kappa shape index (κ3) is 3.42. The number of amides is 1. The molecule has 0 saturated carbocycles. The molecule has 1 fully saturated rings. The first kappa shape index (κ1) is 20.3. The summed E-state index contributed by atoms with van der Waals surface area (Å²) in [5, 5.41) is 12.7. The van der Waals surface area contributed by atoms with E-state index >= 15 is 0 Å². The van der Waals surface area contributed by atoms with Gasteiger partial charge in [0.15, 0.2) is 0 Å². The van der Waals surface area contributed by atoms with Gasteiger partial charge >= 0.3 is 0 Å². The van der Waals surface area contributed by atoms with Gasteiger partial charge in [0.2, 0.25) is 15.9 Å². The van der Waals surface area contributed by atoms with Gasteiger partial charge in [-0.15, -0.1) is 0 Å². The molecule has 1 amide bonds. The zero-order valence-electron chi connectivity index (χ0n) is 16.5. The van der Waals surface area contributed by atoms with Crippen molar-refractivity contribution in [2.45, 2.75) is 30.9 Å². The third-order valence-corrected chi connectivity index (χ3v) is 7.23. The number of aryl methyl sites for hydroxylation is 2. The monoisotopic (exact) mass is 430 g/mol. The van der Waals surface area contributed by atoms with Crippen LogP contribution in [0, 0.1) is 6.92 Å². The van der Waals surface area contributed by atoms with Crippen LogP contribution in [0.4, 0.5) is 5.69 Å². The lowest BCUT2D eigenvalue weighted by Gasteiger charge is -2.38. The molecular formula is C20H22N4O5S. The summed E-state index contributed by atoms with van der Waals surface area (Å²) in [6.07, 6.45) is 1.91. The Morgan fingerprint density at radius 1 is 1.30 bits per heavy atom. The van der Waals surface area contributed by atoms with E-state index in [1.807, 2.05) is 6.07 Å². The van der Waals surface area contributed by atoms with Crippen LogP contribution in [0.5, 0.6) is 0 Å². The molecule has 1 atom stereocenters. The number of benzene rings is 1. The maximum Gasteiger partial charge on any atom is 0.252 e. The highest BCUT2D eigenvalue weighted by molar-refractivity contribution is 7.89. The van der Waals surface area contributed by atoms with Gasteiger partial charge in [-0.25, -0.2) is 8.42 Å². The number of hydrogen-bond acceptors (Lipinski definition) is 5. The number of aromatic amines is 1. The Kier molecular flexibility index (Phi) is 5.00. The van der Waals surface area contributed by atoms with Gasteiger partial charge in [0.05, 0.1) is 12.1 Å². The summed E-state index contributed by atoms with van der Waals surface area (Å²) < 4.78 is 29.2. The topological polar surface area (TPSA) is 124 Å². The van der Waals surface area contributed by atoms with Crippen molar-refractivity contribution in [1.82, 2.24) is 13.9 Å². The first-order valence-corrected chi connectivity index (χ1v) is 10.9. The van der Waals surface area contributed by atoms with E-state index in [-0.39, 0.29) is 23.6 Å². The number of H-pyrrole nitrogens is 1. The number of carbonyl (C=O) groups excluding carboxylic acids is 1. The molecule has 9 nitrogen and oxygen atoms in total. The number of sulfonamides is 1. The van der Waals surface area contributed by atoms with Crippen LogP contribution < -0.4 is 10.9 Å². The molecule has 10 heteroatoms. The van der Waals surface area contributed by atoms with Crippen molar-refractivity contribution in [1.29, 1.82) is 0 Å². The van der Waals surface area contributed by atoms with Gasteiger partial charge in [-0.1, -0.05) is 0 Å². The molecule has 1 aliphatic heterocycles. The highest BCUT2D eigenvalue weighted by atomic mass is 32.2. The molecule has 0 bridgehead atoms. The minimum atomic E-state index is -3.95. The summed E-state index contributed by atoms with van der Waals surface area (Å²) in [4.78, 5) is 27.5. The average molecular weight is 430 g/mol. The lowest BCUT2D eigenvalue weighted by molar-refractivity contribution is -0.122. The van der Waals surface area contributed by atoms with Gasteiger partial charge in [-0.05, 0) is 43.2 Å². The summed E-state index contributed by atoms with van der Waals surface area (Å²) in [6.45, 7) is 1.78. The zero-order valence-corrected chi connectivity index (χ0v) is 17.4. The van der Waals surface area contributed by atoms with Crippen LogP contribution in [0.25, 0.3) is 10.9 Å². The van der Waals surface area contributed by atoms with Gasteiger partial charge in [0, 0.05) is 42.6 Å². The molecule has 158 valence electrons. The van der Waals surface area contributed by atoms with Crippen LogP contribution in [0.1, 0.15) is 17.7 Å². The third-order valence-electron chi connectivity index (χ3n) is 5.29.